The van der Waals surface area contributed by atoms with E-state index in [1.165, 1.54) is 18.3 Å². The van der Waals surface area contributed by atoms with Crippen LogP contribution < -0.4 is 5.73 Å². The number of halogens is 3. The quantitative estimate of drug-likeness (QED) is 0.436. The van der Waals surface area contributed by atoms with Crippen LogP contribution in [0.1, 0.15) is 12.8 Å². The molecule has 0 aromatic heterocycles. The van der Waals surface area contributed by atoms with Crippen LogP contribution in [0.3, 0.4) is 0 Å². The van der Waals surface area contributed by atoms with Crippen molar-refractivity contribution in [1.29, 1.82) is 0 Å². The normalized spacial score (nSPS) is 24.2. The molecule has 8 heteroatoms. The standard InChI is InChI=1S/C23H20Cl2FN3OS/c24-20-6-5-19(10-21(20)25)31-29-8-7-16-9-22(28-18-3-1-17(26)2-4-18)15(12-27)11-23(16,13-29)14-30/h1-6,9-10,12,14H,7-8,11,13,27H2. The Kier molecular flexibility index (Phi) is 6.53. The summed E-state index contributed by atoms with van der Waals surface area (Å²) in [7, 11) is 0. The minimum Gasteiger partial charge on any atom is -0.404 e. The van der Waals surface area contributed by atoms with E-state index in [0.717, 1.165) is 35.3 Å². The highest BCUT2D eigenvalue weighted by atomic mass is 35.5. The van der Waals surface area contributed by atoms with Crippen molar-refractivity contribution in [3.05, 3.63) is 81.7 Å². The Balaban J connectivity index is 1.60. The molecule has 0 radical (unpaired) electrons. The van der Waals surface area contributed by atoms with Crippen LogP contribution in [0.4, 0.5) is 10.1 Å². The summed E-state index contributed by atoms with van der Waals surface area (Å²) in [4.78, 5) is 17.9. The van der Waals surface area contributed by atoms with Crippen molar-refractivity contribution >= 4 is 52.8 Å². The number of hydrogen-bond acceptors (Lipinski definition) is 5. The molecule has 0 saturated carbocycles. The van der Waals surface area contributed by atoms with Gasteiger partial charge in [0.05, 0.1) is 26.9 Å². The van der Waals surface area contributed by atoms with E-state index < -0.39 is 5.41 Å². The molecule has 1 fully saturated rings. The Morgan fingerprint density at radius 1 is 1.16 bits per heavy atom. The van der Waals surface area contributed by atoms with Gasteiger partial charge in [0, 0.05) is 18.0 Å². The van der Waals surface area contributed by atoms with E-state index in [9.17, 15) is 9.18 Å². The SMILES string of the molecule is NC=C1CC2(C=O)CN(Sc3ccc(Cl)c(Cl)c3)CCC2=CC1=Nc1ccc(F)cc1. The third-order valence-corrected chi connectivity index (χ3v) is 7.28. The Labute approximate surface area is 194 Å². The largest absolute Gasteiger partial charge is 0.404 e. The molecule has 1 heterocycles. The smallest absolute Gasteiger partial charge is 0.131 e. The highest BCUT2D eigenvalue weighted by Gasteiger charge is 2.43. The van der Waals surface area contributed by atoms with E-state index in [1.54, 1.807) is 30.1 Å². The highest BCUT2D eigenvalue weighted by molar-refractivity contribution is 7.97. The fourth-order valence-corrected chi connectivity index (χ4v) is 5.32. The van der Waals surface area contributed by atoms with Gasteiger partial charge in [-0.2, -0.15) is 0 Å². The number of hydrogen-bond donors (Lipinski definition) is 1. The van der Waals surface area contributed by atoms with Gasteiger partial charge in [0.25, 0.3) is 0 Å². The van der Waals surface area contributed by atoms with Gasteiger partial charge in [-0.05, 0) is 85.1 Å². The zero-order chi connectivity index (χ0) is 22.0. The summed E-state index contributed by atoms with van der Waals surface area (Å²) in [6.07, 6.45) is 5.69. The average molecular weight is 476 g/mol. The number of nitrogens with zero attached hydrogens (tertiary/aromatic N) is 2. The van der Waals surface area contributed by atoms with Crippen LogP contribution in [0.25, 0.3) is 0 Å². The molecule has 1 aliphatic heterocycles. The number of carbonyl (C=O) groups excluding carboxylic acids is 1. The predicted molar refractivity (Wildman–Crippen MR) is 125 cm³/mol. The van der Waals surface area contributed by atoms with Gasteiger partial charge >= 0.3 is 0 Å². The van der Waals surface area contributed by atoms with Crippen molar-refractivity contribution in [2.24, 2.45) is 16.1 Å². The number of fused-ring (bicyclic) bond motifs is 1. The zero-order valence-electron chi connectivity index (χ0n) is 16.5. The number of nitrogens with two attached hydrogens (primary N) is 1. The topological polar surface area (TPSA) is 58.7 Å². The maximum Gasteiger partial charge on any atom is 0.131 e. The summed E-state index contributed by atoms with van der Waals surface area (Å²) >= 11 is 13.7. The molecule has 1 unspecified atom stereocenters. The number of benzene rings is 2. The summed E-state index contributed by atoms with van der Waals surface area (Å²) in [5.41, 5.74) is 8.43. The third-order valence-electron chi connectivity index (χ3n) is 5.50. The first-order valence-corrected chi connectivity index (χ1v) is 11.3. The number of aliphatic imine (C=N–C) groups is 1. The lowest BCUT2D eigenvalue weighted by molar-refractivity contribution is -0.115. The van der Waals surface area contributed by atoms with Crippen molar-refractivity contribution in [3.63, 3.8) is 0 Å². The summed E-state index contributed by atoms with van der Waals surface area (Å²) < 4.78 is 15.4. The molecule has 0 bridgehead atoms. The molecule has 2 N–H and O–H groups in total. The molecule has 4 rings (SSSR count). The average Bonchev–Trinajstić information content (AvgIpc) is 2.77. The lowest BCUT2D eigenvalue weighted by atomic mass is 9.68. The number of aldehydes is 1. The van der Waals surface area contributed by atoms with Crippen LogP contribution in [0.15, 0.2) is 75.8 Å². The molecular formula is C23H20Cl2FN3OS. The van der Waals surface area contributed by atoms with E-state index >= 15 is 0 Å². The number of piperidine rings is 1. The van der Waals surface area contributed by atoms with Gasteiger partial charge < -0.3 is 10.5 Å². The predicted octanol–water partition coefficient (Wildman–Crippen LogP) is 5.98. The van der Waals surface area contributed by atoms with Gasteiger partial charge in [-0.1, -0.05) is 28.8 Å². The second-order valence-corrected chi connectivity index (χ2v) is 9.55. The van der Waals surface area contributed by atoms with E-state index in [1.807, 2.05) is 18.2 Å². The fourth-order valence-electron chi connectivity index (χ4n) is 3.88. The minimum absolute atomic E-state index is 0.313. The maximum absolute atomic E-state index is 13.2. The number of rotatable bonds is 4. The Morgan fingerprint density at radius 3 is 2.61 bits per heavy atom. The van der Waals surface area contributed by atoms with Crippen LogP contribution in [-0.2, 0) is 4.79 Å². The van der Waals surface area contributed by atoms with E-state index in [0.29, 0.717) is 34.4 Å². The summed E-state index contributed by atoms with van der Waals surface area (Å²) in [5, 5.41) is 1.01. The first-order chi connectivity index (χ1) is 14.9. The first kappa shape index (κ1) is 22.1. The molecule has 31 heavy (non-hydrogen) atoms. The molecular weight excluding hydrogens is 456 g/mol. The van der Waals surface area contributed by atoms with Crippen LogP contribution in [0.5, 0.6) is 0 Å². The summed E-state index contributed by atoms with van der Waals surface area (Å²) in [5.74, 6) is -0.313. The first-order valence-electron chi connectivity index (χ1n) is 9.73. The maximum atomic E-state index is 13.2. The van der Waals surface area contributed by atoms with Gasteiger partial charge in [0.2, 0.25) is 0 Å². The third kappa shape index (κ3) is 4.72. The molecule has 1 aliphatic carbocycles. The van der Waals surface area contributed by atoms with Crippen molar-refractivity contribution in [2.45, 2.75) is 17.7 Å². The van der Waals surface area contributed by atoms with E-state index in [-0.39, 0.29) is 5.82 Å². The van der Waals surface area contributed by atoms with Crippen LogP contribution >= 0.6 is 35.1 Å². The summed E-state index contributed by atoms with van der Waals surface area (Å²) in [6.45, 7) is 1.33. The minimum atomic E-state index is -0.658. The molecule has 0 amide bonds. The molecule has 2 aromatic rings. The molecule has 0 spiro atoms. The highest BCUT2D eigenvalue weighted by Crippen LogP contribution is 2.45. The van der Waals surface area contributed by atoms with Gasteiger partial charge in [0.15, 0.2) is 0 Å². The van der Waals surface area contributed by atoms with E-state index in [4.69, 9.17) is 28.9 Å². The molecule has 2 aliphatic rings. The van der Waals surface area contributed by atoms with Gasteiger partial charge in [0.1, 0.15) is 12.1 Å². The van der Waals surface area contributed by atoms with Gasteiger partial charge in [-0.3, -0.25) is 0 Å². The van der Waals surface area contributed by atoms with Gasteiger partial charge in [-0.15, -0.1) is 0 Å². The van der Waals surface area contributed by atoms with Gasteiger partial charge in [-0.25, -0.2) is 13.7 Å². The monoisotopic (exact) mass is 475 g/mol. The Morgan fingerprint density at radius 2 is 1.94 bits per heavy atom. The van der Waals surface area contributed by atoms with E-state index in [2.05, 4.69) is 9.30 Å². The number of allylic oxidation sites excluding steroid dienone is 2. The fraction of sp³-hybridized carbons (Fsp3) is 0.217. The van der Waals surface area contributed by atoms with Crippen molar-refractivity contribution < 1.29 is 9.18 Å². The second-order valence-electron chi connectivity index (χ2n) is 7.57. The van der Waals surface area contributed by atoms with Crippen LogP contribution in [-0.4, -0.2) is 29.4 Å². The molecule has 1 atom stereocenters. The van der Waals surface area contributed by atoms with Crippen LogP contribution in [0.2, 0.25) is 10.0 Å². The molecule has 160 valence electrons. The summed E-state index contributed by atoms with van der Waals surface area (Å²) in [6, 6.07) is 11.5. The lowest BCUT2D eigenvalue weighted by Crippen LogP contribution is -2.45. The second kappa shape index (κ2) is 9.17. The van der Waals surface area contributed by atoms with Crippen molar-refractivity contribution in [2.75, 3.05) is 13.1 Å². The Bertz CT molecular complexity index is 1100. The molecule has 1 saturated heterocycles. The zero-order valence-corrected chi connectivity index (χ0v) is 18.9. The lowest BCUT2D eigenvalue weighted by Gasteiger charge is -2.43. The van der Waals surface area contributed by atoms with Crippen molar-refractivity contribution in [3.8, 4) is 0 Å². The van der Waals surface area contributed by atoms with Crippen LogP contribution in [0, 0.1) is 11.2 Å². The van der Waals surface area contributed by atoms with Crippen molar-refractivity contribution in [1.82, 2.24) is 4.31 Å². The molecule has 4 nitrogen and oxygen atoms in total. The number of carbonyl (C=O) groups is 1. The molecule has 2 aromatic carbocycles. The Hall–Kier alpha value is -2.12.